The van der Waals surface area contributed by atoms with Gasteiger partial charge in [0.2, 0.25) is 5.91 Å². The molecule has 13 nitrogen and oxygen atoms in total. The number of nitrogens with zero attached hydrogens (tertiary/aromatic N) is 4. The van der Waals surface area contributed by atoms with Crippen molar-refractivity contribution in [2.45, 2.75) is 6.42 Å². The number of ether oxygens (including phenoxy) is 4. The standard InChI is InChI=1S/C25H30N6O7/c26-31-30-21-4-2-19-15-18-1-3-20(16-22(18)29-23(19)17-21)28-24(32)5-7-35-9-11-37-13-14-38-12-10-36-8-6-27-25(33)34/h1-4,15-17,27H,5-14H2,(H,28,32)(H,33,34). The lowest BCUT2D eigenvalue weighted by molar-refractivity contribution is -0.117. The molecule has 0 bridgehead atoms. The molecular formula is C25H30N6O7. The highest BCUT2D eigenvalue weighted by molar-refractivity contribution is 5.97. The zero-order valence-electron chi connectivity index (χ0n) is 20.8. The lowest BCUT2D eigenvalue weighted by Gasteiger charge is -2.09. The smallest absolute Gasteiger partial charge is 0.404 e. The minimum atomic E-state index is -1.08. The van der Waals surface area contributed by atoms with Gasteiger partial charge in [-0.1, -0.05) is 23.3 Å². The largest absolute Gasteiger partial charge is 0.465 e. The van der Waals surface area contributed by atoms with Gasteiger partial charge in [0, 0.05) is 33.6 Å². The molecule has 38 heavy (non-hydrogen) atoms. The lowest BCUT2D eigenvalue weighted by atomic mass is 10.1. The summed E-state index contributed by atoms with van der Waals surface area (Å²) in [7, 11) is 0. The number of aromatic nitrogens is 1. The number of pyridine rings is 1. The molecule has 0 fully saturated rings. The van der Waals surface area contributed by atoms with Crippen molar-refractivity contribution in [3.05, 3.63) is 52.9 Å². The number of amides is 2. The van der Waals surface area contributed by atoms with E-state index in [0.717, 1.165) is 10.8 Å². The van der Waals surface area contributed by atoms with E-state index in [2.05, 4.69) is 25.6 Å². The highest BCUT2D eigenvalue weighted by atomic mass is 16.6. The number of anilines is 1. The second-order valence-corrected chi connectivity index (χ2v) is 7.94. The van der Waals surface area contributed by atoms with Gasteiger partial charge in [-0.3, -0.25) is 4.79 Å². The van der Waals surface area contributed by atoms with Crippen molar-refractivity contribution in [1.82, 2.24) is 10.3 Å². The molecule has 202 valence electrons. The first-order valence-corrected chi connectivity index (χ1v) is 12.0. The number of azide groups is 1. The highest BCUT2D eigenvalue weighted by Gasteiger charge is 2.06. The monoisotopic (exact) mass is 526 g/mol. The average molecular weight is 527 g/mol. The Balaban J connectivity index is 1.26. The molecule has 0 aliphatic heterocycles. The van der Waals surface area contributed by atoms with Gasteiger partial charge in [-0.05, 0) is 29.8 Å². The Morgan fingerprint density at radius 3 is 2.11 bits per heavy atom. The Morgan fingerprint density at radius 2 is 1.45 bits per heavy atom. The molecule has 0 atom stereocenters. The summed E-state index contributed by atoms with van der Waals surface area (Å²) in [5.74, 6) is -0.175. The van der Waals surface area contributed by atoms with E-state index in [0.29, 0.717) is 68.7 Å². The summed E-state index contributed by atoms with van der Waals surface area (Å²) in [6.45, 7) is 3.11. The molecule has 2 aromatic carbocycles. The van der Waals surface area contributed by atoms with Crippen LogP contribution in [0.5, 0.6) is 0 Å². The van der Waals surface area contributed by atoms with Crippen molar-refractivity contribution in [1.29, 1.82) is 0 Å². The van der Waals surface area contributed by atoms with Crippen LogP contribution >= 0.6 is 0 Å². The van der Waals surface area contributed by atoms with E-state index < -0.39 is 6.09 Å². The van der Waals surface area contributed by atoms with Crippen molar-refractivity contribution in [3.8, 4) is 0 Å². The second-order valence-electron chi connectivity index (χ2n) is 7.94. The zero-order chi connectivity index (χ0) is 27.0. The fourth-order valence-corrected chi connectivity index (χ4v) is 3.38. The van der Waals surface area contributed by atoms with Crippen LogP contribution in [0.4, 0.5) is 16.2 Å². The van der Waals surface area contributed by atoms with E-state index in [-0.39, 0.29) is 25.5 Å². The Labute approximate surface area is 218 Å². The van der Waals surface area contributed by atoms with Crippen molar-refractivity contribution >= 4 is 45.2 Å². The predicted molar refractivity (Wildman–Crippen MR) is 141 cm³/mol. The van der Waals surface area contributed by atoms with E-state index in [9.17, 15) is 9.59 Å². The van der Waals surface area contributed by atoms with Crippen LogP contribution in [0.2, 0.25) is 0 Å². The number of carbonyl (C=O) groups excluding carboxylic acids is 1. The fourth-order valence-electron chi connectivity index (χ4n) is 3.38. The minimum Gasteiger partial charge on any atom is -0.465 e. The molecule has 2 amide bonds. The van der Waals surface area contributed by atoms with Crippen LogP contribution in [0.25, 0.3) is 32.2 Å². The molecule has 1 aromatic heterocycles. The summed E-state index contributed by atoms with van der Waals surface area (Å²) in [4.78, 5) is 30.0. The number of hydrogen-bond donors (Lipinski definition) is 3. The minimum absolute atomic E-state index is 0.175. The van der Waals surface area contributed by atoms with Gasteiger partial charge in [0.25, 0.3) is 0 Å². The highest BCUT2D eigenvalue weighted by Crippen LogP contribution is 2.25. The summed E-state index contributed by atoms with van der Waals surface area (Å²) < 4.78 is 21.4. The zero-order valence-corrected chi connectivity index (χ0v) is 20.8. The number of nitrogens with one attached hydrogen (secondary N) is 2. The number of fused-ring (bicyclic) bond motifs is 2. The van der Waals surface area contributed by atoms with Gasteiger partial charge in [0.1, 0.15) is 0 Å². The van der Waals surface area contributed by atoms with Crippen molar-refractivity contribution < 1.29 is 33.6 Å². The van der Waals surface area contributed by atoms with E-state index >= 15 is 0 Å². The quantitative estimate of drug-likeness (QED) is 0.0777. The van der Waals surface area contributed by atoms with Gasteiger partial charge in [0.05, 0.1) is 70.3 Å². The van der Waals surface area contributed by atoms with Gasteiger partial charge in [-0.25, -0.2) is 9.78 Å². The van der Waals surface area contributed by atoms with E-state index in [1.807, 2.05) is 24.3 Å². The fraction of sp³-hybridized carbons (Fsp3) is 0.400. The first kappa shape index (κ1) is 28.6. The van der Waals surface area contributed by atoms with E-state index in [4.69, 9.17) is 29.6 Å². The first-order valence-electron chi connectivity index (χ1n) is 12.0. The maximum Gasteiger partial charge on any atom is 0.404 e. The predicted octanol–water partition coefficient (Wildman–Crippen LogP) is 3.99. The number of hydrogen-bond acceptors (Lipinski definition) is 8. The van der Waals surface area contributed by atoms with Crippen LogP contribution in [0.3, 0.4) is 0 Å². The molecule has 0 spiro atoms. The van der Waals surface area contributed by atoms with Crippen molar-refractivity contribution in [3.63, 3.8) is 0 Å². The topological polar surface area (TPSA) is 177 Å². The third kappa shape index (κ3) is 10.2. The summed E-state index contributed by atoms with van der Waals surface area (Å²) in [6.07, 6.45) is -0.878. The maximum absolute atomic E-state index is 12.3. The number of carbonyl (C=O) groups is 2. The Hall–Kier alpha value is -4.00. The van der Waals surface area contributed by atoms with Crippen LogP contribution in [-0.2, 0) is 23.7 Å². The second kappa shape index (κ2) is 16.0. The third-order valence-electron chi connectivity index (χ3n) is 5.15. The number of benzene rings is 2. The molecule has 0 aliphatic carbocycles. The van der Waals surface area contributed by atoms with E-state index in [1.165, 1.54) is 0 Å². The molecule has 3 aromatic rings. The lowest BCUT2D eigenvalue weighted by Crippen LogP contribution is -2.25. The molecular weight excluding hydrogens is 496 g/mol. The Morgan fingerprint density at radius 1 is 0.842 bits per heavy atom. The normalized spacial score (nSPS) is 10.8. The molecule has 0 aliphatic rings. The van der Waals surface area contributed by atoms with E-state index in [1.54, 1.807) is 18.2 Å². The van der Waals surface area contributed by atoms with Crippen LogP contribution in [0.1, 0.15) is 6.42 Å². The first-order chi connectivity index (χ1) is 18.5. The summed E-state index contributed by atoms with van der Waals surface area (Å²) in [5.41, 5.74) is 11.2. The molecule has 1 heterocycles. The molecule has 0 saturated heterocycles. The number of carboxylic acid groups (broad SMARTS) is 1. The Kier molecular flexibility index (Phi) is 12.0. The molecule has 0 unspecified atom stereocenters. The van der Waals surface area contributed by atoms with Crippen molar-refractivity contribution in [2.24, 2.45) is 5.11 Å². The third-order valence-corrected chi connectivity index (χ3v) is 5.15. The van der Waals surface area contributed by atoms with Crippen LogP contribution in [0, 0.1) is 0 Å². The molecule has 3 N–H and O–H groups in total. The average Bonchev–Trinajstić information content (AvgIpc) is 2.89. The van der Waals surface area contributed by atoms with Gasteiger partial charge < -0.3 is 34.7 Å². The molecule has 3 rings (SSSR count). The van der Waals surface area contributed by atoms with Gasteiger partial charge in [-0.15, -0.1) is 0 Å². The molecule has 0 radical (unpaired) electrons. The number of rotatable bonds is 17. The Bertz CT molecular complexity index is 1270. The molecule has 0 saturated carbocycles. The van der Waals surface area contributed by atoms with Crippen LogP contribution in [0.15, 0.2) is 47.6 Å². The van der Waals surface area contributed by atoms with Gasteiger partial charge in [0.15, 0.2) is 0 Å². The van der Waals surface area contributed by atoms with Gasteiger partial charge in [-0.2, -0.15) is 0 Å². The van der Waals surface area contributed by atoms with Crippen LogP contribution in [-0.4, -0.2) is 81.5 Å². The summed E-state index contributed by atoms with van der Waals surface area (Å²) in [6, 6.07) is 12.8. The van der Waals surface area contributed by atoms with Gasteiger partial charge >= 0.3 is 6.09 Å². The SMILES string of the molecule is [N-]=[N+]=Nc1ccc2cc3ccc(NC(=O)CCOCCOCCOCCOCCNC(=O)O)cc3nc2c1. The summed E-state index contributed by atoms with van der Waals surface area (Å²) in [5, 5.41) is 18.9. The van der Waals surface area contributed by atoms with Crippen LogP contribution < -0.4 is 10.6 Å². The maximum atomic E-state index is 12.3. The molecule has 13 heteroatoms. The van der Waals surface area contributed by atoms with Crippen molar-refractivity contribution in [2.75, 3.05) is 64.7 Å². The summed E-state index contributed by atoms with van der Waals surface area (Å²) >= 11 is 0.